The van der Waals surface area contributed by atoms with Gasteiger partial charge in [0.1, 0.15) is 0 Å². The molecule has 1 heterocycles. The van der Waals surface area contributed by atoms with Gasteiger partial charge in [-0.25, -0.2) is 9.37 Å². The van der Waals surface area contributed by atoms with Crippen LogP contribution in [0.25, 0.3) is 0 Å². The van der Waals surface area contributed by atoms with Crippen LogP contribution in [0.2, 0.25) is 0 Å². The summed E-state index contributed by atoms with van der Waals surface area (Å²) in [4.78, 5) is 6.16. The summed E-state index contributed by atoms with van der Waals surface area (Å²) >= 11 is 1.54. The molecule has 0 saturated carbocycles. The van der Waals surface area contributed by atoms with Crippen LogP contribution in [-0.4, -0.2) is 18.6 Å². The summed E-state index contributed by atoms with van der Waals surface area (Å²) in [5, 5.41) is 1.98. The maximum Gasteiger partial charge on any atom is 0.167 e. The van der Waals surface area contributed by atoms with E-state index in [1.54, 1.807) is 22.9 Å². The van der Waals surface area contributed by atoms with Crippen LogP contribution in [-0.2, 0) is 6.54 Å². The molecule has 0 amide bonds. The van der Waals surface area contributed by atoms with E-state index in [2.05, 4.69) is 4.98 Å². The maximum absolute atomic E-state index is 13.8. The van der Waals surface area contributed by atoms with Gasteiger partial charge >= 0.3 is 0 Å². The summed E-state index contributed by atoms with van der Waals surface area (Å²) in [5.74, 6) is -0.192. The molecule has 0 aliphatic heterocycles. The molecule has 0 aliphatic rings. The number of hydrogen-bond acceptors (Lipinski definition) is 5. The molecule has 0 saturated heterocycles. The van der Waals surface area contributed by atoms with Crippen molar-refractivity contribution in [2.24, 2.45) is 0 Å². The Kier molecular flexibility index (Phi) is 4.79. The van der Waals surface area contributed by atoms with Crippen LogP contribution < -0.4 is 15.4 Å². The molecular weight excluding hydrogens is 277 g/mol. The third-order valence-electron chi connectivity index (χ3n) is 2.84. The number of nitrogens with two attached hydrogens (primary N) is 1. The molecule has 0 fully saturated rings. The Labute approximate surface area is 122 Å². The molecule has 0 atom stereocenters. The Balaban J connectivity index is 2.21. The maximum atomic E-state index is 13.8. The molecule has 0 spiro atoms. The summed E-state index contributed by atoms with van der Waals surface area (Å²) in [5.41, 5.74) is 9.77. The Morgan fingerprint density at radius 2 is 2.25 bits per heavy atom. The van der Waals surface area contributed by atoms with Crippen LogP contribution in [0.5, 0.6) is 5.75 Å². The first-order chi connectivity index (χ1) is 9.61. The number of thiazole rings is 1. The van der Waals surface area contributed by atoms with E-state index in [0.29, 0.717) is 18.8 Å². The molecule has 0 bridgehead atoms. The highest BCUT2D eigenvalue weighted by Gasteiger charge is 2.13. The van der Waals surface area contributed by atoms with E-state index >= 15 is 0 Å². The van der Waals surface area contributed by atoms with Gasteiger partial charge in [0.2, 0.25) is 0 Å². The molecule has 0 unspecified atom stereocenters. The SMILES string of the molecule is CCCOc1cc(N(C)Cc2cscn2)c(N)cc1F. The molecular formula is C14H18FN3OS. The van der Waals surface area contributed by atoms with Gasteiger partial charge in [-0.3, -0.25) is 0 Å². The van der Waals surface area contributed by atoms with Crippen LogP contribution in [0.15, 0.2) is 23.0 Å². The lowest BCUT2D eigenvalue weighted by Gasteiger charge is -2.21. The number of ether oxygens (including phenoxy) is 1. The average molecular weight is 295 g/mol. The van der Waals surface area contributed by atoms with Crippen molar-refractivity contribution >= 4 is 22.7 Å². The van der Waals surface area contributed by atoms with E-state index in [9.17, 15) is 4.39 Å². The zero-order valence-electron chi connectivity index (χ0n) is 11.6. The molecule has 1 aromatic carbocycles. The number of rotatable bonds is 6. The normalized spacial score (nSPS) is 10.6. The minimum absolute atomic E-state index is 0.237. The first kappa shape index (κ1) is 14.6. The predicted molar refractivity (Wildman–Crippen MR) is 80.8 cm³/mol. The highest BCUT2D eigenvalue weighted by Crippen LogP contribution is 2.31. The van der Waals surface area contributed by atoms with Gasteiger partial charge in [0, 0.05) is 24.6 Å². The molecule has 1 aromatic heterocycles. The Morgan fingerprint density at radius 1 is 1.45 bits per heavy atom. The van der Waals surface area contributed by atoms with E-state index in [4.69, 9.17) is 10.5 Å². The monoisotopic (exact) mass is 295 g/mol. The number of benzene rings is 1. The summed E-state index contributed by atoms with van der Waals surface area (Å²) in [7, 11) is 1.90. The van der Waals surface area contributed by atoms with E-state index in [1.807, 2.05) is 24.3 Å². The Bertz CT molecular complexity index is 560. The van der Waals surface area contributed by atoms with Crippen molar-refractivity contribution in [3.05, 3.63) is 34.5 Å². The highest BCUT2D eigenvalue weighted by molar-refractivity contribution is 7.07. The van der Waals surface area contributed by atoms with Gasteiger partial charge in [-0.2, -0.15) is 0 Å². The molecule has 0 radical (unpaired) electrons. The molecule has 2 N–H and O–H groups in total. The first-order valence-corrected chi connectivity index (χ1v) is 7.36. The van der Waals surface area contributed by atoms with Crippen molar-refractivity contribution in [1.82, 2.24) is 4.98 Å². The molecule has 0 aliphatic carbocycles. The summed E-state index contributed by atoms with van der Waals surface area (Å²) in [6, 6.07) is 2.95. The van der Waals surface area contributed by atoms with Gasteiger partial charge in [0.25, 0.3) is 0 Å². The summed E-state index contributed by atoms with van der Waals surface area (Å²) in [6.45, 7) is 3.08. The fourth-order valence-corrected chi connectivity index (χ4v) is 2.40. The van der Waals surface area contributed by atoms with Crippen LogP contribution in [0.1, 0.15) is 19.0 Å². The predicted octanol–water partition coefficient (Wildman–Crippen LogP) is 3.29. The Morgan fingerprint density at radius 3 is 2.90 bits per heavy atom. The molecule has 4 nitrogen and oxygen atoms in total. The smallest absolute Gasteiger partial charge is 0.167 e. The standard InChI is InChI=1S/C14H18FN3OS/c1-3-4-19-14-6-13(12(16)5-11(14)15)18(2)7-10-8-20-9-17-10/h5-6,8-9H,3-4,7,16H2,1-2H3. The first-order valence-electron chi connectivity index (χ1n) is 6.41. The van der Waals surface area contributed by atoms with E-state index < -0.39 is 5.82 Å². The highest BCUT2D eigenvalue weighted by atomic mass is 32.1. The summed E-state index contributed by atoms with van der Waals surface area (Å²) < 4.78 is 19.2. The van der Waals surface area contributed by atoms with E-state index in [0.717, 1.165) is 17.8 Å². The Hall–Kier alpha value is -1.82. The fourth-order valence-electron chi connectivity index (χ4n) is 1.86. The minimum Gasteiger partial charge on any atom is -0.490 e. The lowest BCUT2D eigenvalue weighted by atomic mass is 10.2. The van der Waals surface area contributed by atoms with Crippen molar-refractivity contribution < 1.29 is 9.13 Å². The number of halogens is 1. The molecule has 2 rings (SSSR count). The van der Waals surface area contributed by atoms with Crippen LogP contribution in [0.4, 0.5) is 15.8 Å². The number of anilines is 2. The number of nitrogen functional groups attached to an aromatic ring is 1. The molecule has 6 heteroatoms. The largest absolute Gasteiger partial charge is 0.490 e. The van der Waals surface area contributed by atoms with Gasteiger partial charge < -0.3 is 15.4 Å². The number of nitrogens with zero attached hydrogens (tertiary/aromatic N) is 2. The van der Waals surface area contributed by atoms with E-state index in [-0.39, 0.29) is 5.75 Å². The van der Waals surface area contributed by atoms with Crippen LogP contribution in [0, 0.1) is 5.82 Å². The quantitative estimate of drug-likeness (QED) is 0.831. The molecule has 2 aromatic rings. The zero-order valence-corrected chi connectivity index (χ0v) is 12.4. The lowest BCUT2D eigenvalue weighted by Crippen LogP contribution is -2.18. The van der Waals surface area contributed by atoms with Gasteiger partial charge in [-0.05, 0) is 6.42 Å². The zero-order chi connectivity index (χ0) is 14.5. The van der Waals surface area contributed by atoms with Gasteiger partial charge in [0.15, 0.2) is 11.6 Å². The molecule has 108 valence electrons. The van der Waals surface area contributed by atoms with Gasteiger partial charge in [-0.1, -0.05) is 6.92 Å². The van der Waals surface area contributed by atoms with Gasteiger partial charge in [-0.15, -0.1) is 11.3 Å². The number of aromatic nitrogens is 1. The van der Waals surface area contributed by atoms with Gasteiger partial charge in [0.05, 0.1) is 35.7 Å². The third kappa shape index (κ3) is 3.39. The second-order valence-corrected chi connectivity index (χ2v) is 5.24. The van der Waals surface area contributed by atoms with Crippen LogP contribution in [0.3, 0.4) is 0 Å². The average Bonchev–Trinajstić information content (AvgIpc) is 2.90. The van der Waals surface area contributed by atoms with E-state index in [1.165, 1.54) is 6.07 Å². The topological polar surface area (TPSA) is 51.4 Å². The minimum atomic E-state index is -0.429. The van der Waals surface area contributed by atoms with Crippen LogP contribution >= 0.6 is 11.3 Å². The van der Waals surface area contributed by atoms with Crippen molar-refractivity contribution in [1.29, 1.82) is 0 Å². The summed E-state index contributed by atoms with van der Waals surface area (Å²) in [6.07, 6.45) is 0.827. The van der Waals surface area contributed by atoms with Crippen molar-refractivity contribution in [3.8, 4) is 5.75 Å². The number of hydrogen-bond donors (Lipinski definition) is 1. The second kappa shape index (κ2) is 6.56. The third-order valence-corrected chi connectivity index (χ3v) is 3.47. The molecule has 20 heavy (non-hydrogen) atoms. The second-order valence-electron chi connectivity index (χ2n) is 4.53. The van der Waals surface area contributed by atoms with Crippen molar-refractivity contribution in [2.75, 3.05) is 24.3 Å². The lowest BCUT2D eigenvalue weighted by molar-refractivity contribution is 0.301. The van der Waals surface area contributed by atoms with Crippen molar-refractivity contribution in [3.63, 3.8) is 0 Å². The fraction of sp³-hybridized carbons (Fsp3) is 0.357. The van der Waals surface area contributed by atoms with Crippen molar-refractivity contribution in [2.45, 2.75) is 19.9 Å².